The van der Waals surface area contributed by atoms with Gasteiger partial charge in [0.15, 0.2) is 0 Å². The molecule has 0 aromatic carbocycles. The third-order valence-corrected chi connectivity index (χ3v) is 4.50. The molecule has 4 rings (SSSR count). The quantitative estimate of drug-likeness (QED) is 0.738. The van der Waals surface area contributed by atoms with Crippen LogP contribution >= 0.6 is 0 Å². The molecule has 0 bridgehead atoms. The molecule has 1 aliphatic rings. The number of aromatic nitrogens is 5. The fraction of sp³-hybridized carbons (Fsp3) is 0.333. The van der Waals surface area contributed by atoms with Gasteiger partial charge < -0.3 is 9.47 Å². The van der Waals surface area contributed by atoms with Crippen LogP contribution in [0.3, 0.4) is 0 Å². The molecule has 1 fully saturated rings. The van der Waals surface area contributed by atoms with E-state index >= 15 is 0 Å². The molecule has 1 aliphatic heterocycles. The Labute approximate surface area is 141 Å². The van der Waals surface area contributed by atoms with E-state index in [2.05, 4.69) is 32.0 Å². The summed E-state index contributed by atoms with van der Waals surface area (Å²) in [5.74, 6) is 1.42. The molecule has 1 saturated heterocycles. The lowest BCUT2D eigenvalue weighted by Gasteiger charge is -2.15. The van der Waals surface area contributed by atoms with E-state index in [1.807, 2.05) is 29.9 Å². The van der Waals surface area contributed by atoms with Crippen LogP contribution in [-0.4, -0.2) is 37.6 Å². The van der Waals surface area contributed by atoms with Gasteiger partial charge in [0.2, 0.25) is 5.95 Å². The van der Waals surface area contributed by atoms with Crippen molar-refractivity contribution in [3.05, 3.63) is 54.9 Å². The van der Waals surface area contributed by atoms with Crippen molar-refractivity contribution in [3.63, 3.8) is 0 Å². The Morgan fingerprint density at radius 3 is 2.83 bits per heavy atom. The molecular weight excluding hydrogens is 300 g/mol. The number of aryl methyl sites for hydroxylation is 1. The molecule has 0 aliphatic carbocycles. The molecule has 0 spiro atoms. The van der Waals surface area contributed by atoms with E-state index in [-0.39, 0.29) is 0 Å². The van der Waals surface area contributed by atoms with Gasteiger partial charge in [0.1, 0.15) is 0 Å². The number of nitrogens with zero attached hydrogens (tertiary/aromatic N) is 6. The Kier molecular flexibility index (Phi) is 3.94. The molecule has 122 valence electrons. The van der Waals surface area contributed by atoms with Crippen LogP contribution in [0.15, 0.2) is 49.2 Å². The SMILES string of the molecule is Cn1cncc1-c1cccc(CC2CCN(c3ncccn3)C2)n1. The average Bonchev–Trinajstić information content (AvgIpc) is 3.25. The van der Waals surface area contributed by atoms with Crippen molar-refractivity contribution in [2.45, 2.75) is 12.8 Å². The van der Waals surface area contributed by atoms with Crippen LogP contribution in [0.4, 0.5) is 5.95 Å². The summed E-state index contributed by atoms with van der Waals surface area (Å²) < 4.78 is 2.00. The van der Waals surface area contributed by atoms with Crippen LogP contribution in [-0.2, 0) is 13.5 Å². The van der Waals surface area contributed by atoms with Gasteiger partial charge in [-0.3, -0.25) is 4.98 Å². The monoisotopic (exact) mass is 320 g/mol. The Balaban J connectivity index is 1.46. The van der Waals surface area contributed by atoms with Gasteiger partial charge in [0, 0.05) is 38.2 Å². The van der Waals surface area contributed by atoms with E-state index in [1.165, 1.54) is 0 Å². The summed E-state index contributed by atoms with van der Waals surface area (Å²) in [5.41, 5.74) is 3.16. The number of imidazole rings is 1. The van der Waals surface area contributed by atoms with Crippen LogP contribution < -0.4 is 4.90 Å². The normalized spacial score (nSPS) is 17.4. The zero-order valence-electron chi connectivity index (χ0n) is 13.7. The maximum Gasteiger partial charge on any atom is 0.225 e. The zero-order chi connectivity index (χ0) is 16.4. The first-order valence-corrected chi connectivity index (χ1v) is 8.24. The Bertz CT molecular complexity index is 813. The van der Waals surface area contributed by atoms with Crippen molar-refractivity contribution in [2.75, 3.05) is 18.0 Å². The number of hydrogen-bond acceptors (Lipinski definition) is 5. The minimum absolute atomic E-state index is 0.586. The first kappa shape index (κ1) is 14.8. The Hall–Kier alpha value is -2.76. The van der Waals surface area contributed by atoms with Crippen molar-refractivity contribution in [1.29, 1.82) is 0 Å². The molecule has 4 heterocycles. The third kappa shape index (κ3) is 2.99. The minimum Gasteiger partial charge on any atom is -0.341 e. The van der Waals surface area contributed by atoms with E-state index < -0.39 is 0 Å². The molecule has 1 atom stereocenters. The highest BCUT2D eigenvalue weighted by atomic mass is 15.3. The zero-order valence-corrected chi connectivity index (χ0v) is 13.7. The summed E-state index contributed by atoms with van der Waals surface area (Å²) >= 11 is 0. The van der Waals surface area contributed by atoms with Crippen molar-refractivity contribution in [2.24, 2.45) is 13.0 Å². The highest BCUT2D eigenvalue weighted by Crippen LogP contribution is 2.24. The second kappa shape index (κ2) is 6.39. The Morgan fingerprint density at radius 1 is 1.17 bits per heavy atom. The standard InChI is InChI=1S/C18H20N6/c1-23-13-19-11-17(23)16-5-2-4-15(22-16)10-14-6-9-24(12-14)18-20-7-3-8-21-18/h2-5,7-8,11,13-14H,6,9-10,12H2,1H3. The van der Waals surface area contributed by atoms with E-state index in [0.29, 0.717) is 5.92 Å². The van der Waals surface area contributed by atoms with E-state index in [0.717, 1.165) is 49.0 Å². The van der Waals surface area contributed by atoms with Crippen LogP contribution in [0.25, 0.3) is 11.4 Å². The molecular formula is C18H20N6. The number of pyridine rings is 1. The van der Waals surface area contributed by atoms with Crippen molar-refractivity contribution >= 4 is 5.95 Å². The highest BCUT2D eigenvalue weighted by molar-refractivity contribution is 5.53. The number of anilines is 1. The molecule has 0 N–H and O–H groups in total. The lowest BCUT2D eigenvalue weighted by Crippen LogP contribution is -2.22. The topological polar surface area (TPSA) is 59.7 Å². The van der Waals surface area contributed by atoms with Gasteiger partial charge in [0.25, 0.3) is 0 Å². The average molecular weight is 320 g/mol. The lowest BCUT2D eigenvalue weighted by atomic mass is 10.0. The largest absolute Gasteiger partial charge is 0.341 e. The molecule has 24 heavy (non-hydrogen) atoms. The van der Waals surface area contributed by atoms with Crippen molar-refractivity contribution < 1.29 is 0 Å². The summed E-state index contributed by atoms with van der Waals surface area (Å²) in [6, 6.07) is 8.09. The van der Waals surface area contributed by atoms with Crippen molar-refractivity contribution in [3.8, 4) is 11.4 Å². The van der Waals surface area contributed by atoms with E-state index in [4.69, 9.17) is 4.98 Å². The summed E-state index contributed by atoms with van der Waals surface area (Å²) in [6.07, 6.45) is 9.39. The maximum atomic E-state index is 4.83. The second-order valence-electron chi connectivity index (χ2n) is 6.26. The van der Waals surface area contributed by atoms with Crippen LogP contribution in [0.1, 0.15) is 12.1 Å². The molecule has 0 radical (unpaired) electrons. The van der Waals surface area contributed by atoms with Gasteiger partial charge >= 0.3 is 0 Å². The number of rotatable bonds is 4. The predicted molar refractivity (Wildman–Crippen MR) is 92.5 cm³/mol. The fourth-order valence-electron chi connectivity index (χ4n) is 3.27. The van der Waals surface area contributed by atoms with Crippen LogP contribution in [0.2, 0.25) is 0 Å². The van der Waals surface area contributed by atoms with Crippen LogP contribution in [0, 0.1) is 5.92 Å². The molecule has 3 aromatic rings. The molecule has 0 amide bonds. The molecule has 1 unspecified atom stereocenters. The molecule has 6 nitrogen and oxygen atoms in total. The predicted octanol–water partition coefficient (Wildman–Crippen LogP) is 2.34. The van der Waals surface area contributed by atoms with Crippen molar-refractivity contribution in [1.82, 2.24) is 24.5 Å². The van der Waals surface area contributed by atoms with Gasteiger partial charge in [-0.25, -0.2) is 15.0 Å². The maximum absolute atomic E-state index is 4.83. The van der Waals surface area contributed by atoms with Gasteiger partial charge in [-0.05, 0) is 37.0 Å². The third-order valence-electron chi connectivity index (χ3n) is 4.50. The second-order valence-corrected chi connectivity index (χ2v) is 6.26. The highest BCUT2D eigenvalue weighted by Gasteiger charge is 2.24. The van der Waals surface area contributed by atoms with Crippen LogP contribution in [0.5, 0.6) is 0 Å². The van der Waals surface area contributed by atoms with Gasteiger partial charge in [-0.1, -0.05) is 6.07 Å². The van der Waals surface area contributed by atoms with E-state index in [9.17, 15) is 0 Å². The van der Waals surface area contributed by atoms with E-state index in [1.54, 1.807) is 18.7 Å². The summed E-state index contributed by atoms with van der Waals surface area (Å²) in [5, 5.41) is 0. The minimum atomic E-state index is 0.586. The number of hydrogen-bond donors (Lipinski definition) is 0. The lowest BCUT2D eigenvalue weighted by molar-refractivity contribution is 0.577. The van der Waals surface area contributed by atoms with Gasteiger partial charge in [-0.2, -0.15) is 0 Å². The molecule has 0 saturated carbocycles. The summed E-state index contributed by atoms with van der Waals surface area (Å²) in [4.78, 5) is 20.0. The summed E-state index contributed by atoms with van der Waals surface area (Å²) in [6.45, 7) is 2.00. The first-order valence-electron chi connectivity index (χ1n) is 8.24. The molecule has 3 aromatic heterocycles. The summed E-state index contributed by atoms with van der Waals surface area (Å²) in [7, 11) is 1.99. The smallest absolute Gasteiger partial charge is 0.225 e. The van der Waals surface area contributed by atoms with Gasteiger partial charge in [-0.15, -0.1) is 0 Å². The first-order chi connectivity index (χ1) is 11.8. The molecule has 6 heteroatoms. The fourth-order valence-corrected chi connectivity index (χ4v) is 3.27. The Morgan fingerprint density at radius 2 is 2.04 bits per heavy atom. The van der Waals surface area contributed by atoms with Gasteiger partial charge in [0.05, 0.1) is 23.9 Å².